The molecule has 0 aliphatic carbocycles. The van der Waals surface area contributed by atoms with Crippen LogP contribution in [0.2, 0.25) is 0 Å². The maximum absolute atomic E-state index is 11.3. The van der Waals surface area contributed by atoms with E-state index in [0.29, 0.717) is 0 Å². The van der Waals surface area contributed by atoms with Crippen molar-refractivity contribution in [2.45, 2.75) is 9.79 Å². The lowest BCUT2D eigenvalue weighted by Crippen LogP contribution is -2.01. The summed E-state index contributed by atoms with van der Waals surface area (Å²) in [6, 6.07) is 5.32. The highest BCUT2D eigenvalue weighted by Crippen LogP contribution is 2.15. The van der Waals surface area contributed by atoms with Crippen molar-refractivity contribution in [2.24, 2.45) is 0 Å². The summed E-state index contributed by atoms with van der Waals surface area (Å²) in [5.74, 6) is 0. The highest BCUT2D eigenvalue weighted by atomic mass is 127. The van der Waals surface area contributed by atoms with Gasteiger partial charge < -0.3 is 4.55 Å². The van der Waals surface area contributed by atoms with Crippen molar-refractivity contribution in [2.75, 3.05) is 3.76 Å². The maximum Gasteiger partial charge on any atom is 0.187 e. The Morgan fingerprint density at radius 1 is 1.29 bits per heavy atom. The van der Waals surface area contributed by atoms with Gasteiger partial charge in [0.25, 0.3) is 0 Å². The number of hydrogen-bond donors (Lipinski definition) is 1. The Hall–Kier alpha value is 0.01000. The fourth-order valence-electron chi connectivity index (χ4n) is 0.826. The van der Waals surface area contributed by atoms with Crippen LogP contribution in [0.4, 0.5) is 0 Å². The topological polar surface area (TPSA) is 71.4 Å². The number of alkyl halides is 1. The van der Waals surface area contributed by atoms with Crippen molar-refractivity contribution >= 4 is 43.5 Å². The second kappa shape index (κ2) is 4.69. The molecule has 1 aromatic carbocycles. The van der Waals surface area contributed by atoms with E-state index >= 15 is 0 Å². The van der Waals surface area contributed by atoms with E-state index in [2.05, 4.69) is 0 Å². The van der Waals surface area contributed by atoms with Crippen molar-refractivity contribution in [3.8, 4) is 0 Å². The van der Waals surface area contributed by atoms with E-state index in [1.54, 1.807) is 22.6 Å². The molecule has 0 amide bonds. The second-order valence-electron chi connectivity index (χ2n) is 2.44. The summed E-state index contributed by atoms with van der Waals surface area (Å²) in [4.78, 5) is 0.360. The van der Waals surface area contributed by atoms with Gasteiger partial charge in [-0.05, 0) is 24.3 Å². The van der Waals surface area contributed by atoms with E-state index in [1.165, 1.54) is 24.3 Å². The fraction of sp³-hybridized carbons (Fsp3) is 0.143. The van der Waals surface area contributed by atoms with Crippen LogP contribution in [-0.4, -0.2) is 20.9 Å². The molecule has 1 N–H and O–H groups in total. The van der Waals surface area contributed by atoms with Gasteiger partial charge in [0.2, 0.25) is 0 Å². The van der Waals surface area contributed by atoms with Crippen LogP contribution in [0, 0.1) is 0 Å². The average molecular weight is 346 g/mol. The van der Waals surface area contributed by atoms with Crippen LogP contribution >= 0.6 is 22.6 Å². The van der Waals surface area contributed by atoms with Gasteiger partial charge in [0, 0.05) is 0 Å². The lowest BCUT2D eigenvalue weighted by atomic mass is 10.4. The van der Waals surface area contributed by atoms with Gasteiger partial charge in [0.1, 0.15) is 3.76 Å². The summed E-state index contributed by atoms with van der Waals surface area (Å²) in [7, 11) is -3.23. The van der Waals surface area contributed by atoms with Gasteiger partial charge in [-0.3, -0.25) is 0 Å². The van der Waals surface area contributed by atoms with Gasteiger partial charge in [-0.1, -0.05) is 22.6 Å². The lowest BCUT2D eigenvalue weighted by molar-refractivity contribution is 0.564. The third kappa shape index (κ3) is 2.75. The summed E-state index contributed by atoms with van der Waals surface area (Å²) in [6.07, 6.45) is 0. The minimum Gasteiger partial charge on any atom is -0.302 e. The minimum atomic E-state index is -3.23. The predicted molar refractivity (Wildman–Crippen MR) is 61.6 cm³/mol. The molecule has 0 heterocycles. The number of benzene rings is 1. The molecule has 1 unspecified atom stereocenters. The number of halogens is 1. The second-order valence-corrected chi connectivity index (χ2v) is 7.20. The summed E-state index contributed by atoms with van der Waals surface area (Å²) < 4.78 is 42.0. The van der Waals surface area contributed by atoms with Gasteiger partial charge in [-0.15, -0.1) is 0 Å². The zero-order chi connectivity index (χ0) is 10.8. The molecule has 0 saturated heterocycles. The van der Waals surface area contributed by atoms with Crippen LogP contribution < -0.4 is 0 Å². The Kier molecular flexibility index (Phi) is 4.04. The van der Waals surface area contributed by atoms with Gasteiger partial charge in [0.15, 0.2) is 20.9 Å². The van der Waals surface area contributed by atoms with Crippen LogP contribution in [0.5, 0.6) is 0 Å². The Balaban J connectivity index is 3.12. The quantitative estimate of drug-likeness (QED) is 0.511. The summed E-state index contributed by atoms with van der Waals surface area (Å²) >= 11 is -0.304. The summed E-state index contributed by atoms with van der Waals surface area (Å²) in [5.41, 5.74) is 0. The molecule has 0 saturated carbocycles. The van der Waals surface area contributed by atoms with Crippen molar-refractivity contribution in [1.82, 2.24) is 0 Å². The number of sulfone groups is 1. The molecule has 7 heteroatoms. The molecule has 0 aliphatic rings. The molecule has 0 bridgehead atoms. The maximum atomic E-state index is 11.3. The smallest absolute Gasteiger partial charge is 0.187 e. The third-order valence-electron chi connectivity index (χ3n) is 1.53. The molecule has 4 nitrogen and oxygen atoms in total. The monoisotopic (exact) mass is 346 g/mol. The number of rotatable bonds is 3. The van der Waals surface area contributed by atoms with E-state index in [9.17, 15) is 12.6 Å². The normalized spacial score (nSPS) is 13.9. The Morgan fingerprint density at radius 2 is 1.79 bits per heavy atom. The molecule has 1 aromatic rings. The Morgan fingerprint density at radius 3 is 2.14 bits per heavy atom. The van der Waals surface area contributed by atoms with Crippen molar-refractivity contribution in [3.05, 3.63) is 24.3 Å². The molecule has 0 fully saturated rings. The Labute approximate surface area is 98.1 Å². The van der Waals surface area contributed by atoms with Gasteiger partial charge >= 0.3 is 0 Å². The fourth-order valence-corrected chi connectivity index (χ4v) is 2.95. The Bertz CT molecular complexity index is 437. The molecule has 0 spiro atoms. The van der Waals surface area contributed by atoms with Gasteiger partial charge in [-0.2, -0.15) is 0 Å². The van der Waals surface area contributed by atoms with Crippen molar-refractivity contribution < 1.29 is 17.2 Å². The molecule has 1 rings (SSSR count). The molecular weight excluding hydrogens is 339 g/mol. The van der Waals surface area contributed by atoms with Gasteiger partial charge in [0.05, 0.1) is 9.79 Å². The molecule has 1 atom stereocenters. The first-order chi connectivity index (χ1) is 6.47. The van der Waals surface area contributed by atoms with Crippen molar-refractivity contribution in [3.63, 3.8) is 0 Å². The average Bonchev–Trinajstić information content (AvgIpc) is 2.18. The first-order valence-electron chi connectivity index (χ1n) is 3.47. The van der Waals surface area contributed by atoms with Crippen LogP contribution in [0.15, 0.2) is 34.1 Å². The van der Waals surface area contributed by atoms with Crippen molar-refractivity contribution in [1.29, 1.82) is 0 Å². The van der Waals surface area contributed by atoms with E-state index < -0.39 is 20.9 Å². The van der Waals surface area contributed by atoms with Gasteiger partial charge in [-0.25, -0.2) is 12.6 Å². The highest BCUT2D eigenvalue weighted by molar-refractivity contribution is 14.1. The molecule has 0 aromatic heterocycles. The van der Waals surface area contributed by atoms with E-state index in [0.717, 1.165) is 0 Å². The molecule has 14 heavy (non-hydrogen) atoms. The first-order valence-corrected chi connectivity index (χ1v) is 7.75. The summed E-state index contributed by atoms with van der Waals surface area (Å²) in [6.45, 7) is 0. The van der Waals surface area contributed by atoms with E-state index in [1.807, 2.05) is 0 Å². The van der Waals surface area contributed by atoms with Crippen LogP contribution in [0.25, 0.3) is 0 Å². The molecule has 0 radical (unpaired) electrons. The minimum absolute atomic E-state index is 0.00762. The first kappa shape index (κ1) is 12.1. The standard InChI is InChI=1S/C7H7IO4S2/c8-5-14(11,12)7-3-1-6(2-4-7)13(9)10/h1-4H,5H2,(H,9,10). The number of hydrogen-bond acceptors (Lipinski definition) is 3. The van der Waals surface area contributed by atoms with E-state index in [-0.39, 0.29) is 13.6 Å². The van der Waals surface area contributed by atoms with Crippen LogP contribution in [-0.2, 0) is 20.9 Å². The zero-order valence-corrected chi connectivity index (χ0v) is 10.7. The highest BCUT2D eigenvalue weighted by Gasteiger charge is 2.12. The third-order valence-corrected chi connectivity index (χ3v) is 5.94. The van der Waals surface area contributed by atoms with Crippen LogP contribution in [0.3, 0.4) is 0 Å². The SMILES string of the molecule is O=S(O)c1ccc(S(=O)(=O)CI)cc1. The zero-order valence-electron chi connectivity index (χ0n) is 6.88. The predicted octanol–water partition coefficient (Wildman–Crippen LogP) is 1.43. The molecule has 0 aliphatic heterocycles. The summed E-state index contributed by atoms with van der Waals surface area (Å²) in [5, 5.41) is 0. The lowest BCUT2D eigenvalue weighted by Gasteiger charge is -2.00. The van der Waals surface area contributed by atoms with E-state index in [4.69, 9.17) is 4.55 Å². The molecule has 78 valence electrons. The molecular formula is C7H7IO4S2. The largest absolute Gasteiger partial charge is 0.302 e. The van der Waals surface area contributed by atoms with Crippen LogP contribution in [0.1, 0.15) is 0 Å².